The fourth-order valence-corrected chi connectivity index (χ4v) is 1.75. The van der Waals surface area contributed by atoms with Crippen LogP contribution in [0.4, 0.5) is 0 Å². The summed E-state index contributed by atoms with van der Waals surface area (Å²) in [5.41, 5.74) is 1.26. The first-order chi connectivity index (χ1) is 10.7. The Morgan fingerprint density at radius 1 is 1.00 bits per heavy atom. The zero-order chi connectivity index (χ0) is 15.8. The summed E-state index contributed by atoms with van der Waals surface area (Å²) in [6.07, 6.45) is 0. The summed E-state index contributed by atoms with van der Waals surface area (Å²) >= 11 is 0. The zero-order valence-corrected chi connectivity index (χ0v) is 12.2. The standard InChI is InChI=1S/C17H16O5/c1-20-17(19)14-8-5-9-15(10-14)21-12-16(18)22-11-13-6-3-2-4-7-13/h2-10H,11-12H2,1H3. The molecule has 0 radical (unpaired) electrons. The van der Waals surface area contributed by atoms with Gasteiger partial charge in [0.2, 0.25) is 0 Å². The highest BCUT2D eigenvalue weighted by molar-refractivity contribution is 5.89. The van der Waals surface area contributed by atoms with Crippen LogP contribution < -0.4 is 4.74 Å². The average Bonchev–Trinajstić information content (AvgIpc) is 2.58. The van der Waals surface area contributed by atoms with Crippen molar-refractivity contribution in [2.75, 3.05) is 13.7 Å². The largest absolute Gasteiger partial charge is 0.482 e. The molecule has 0 aromatic heterocycles. The minimum Gasteiger partial charge on any atom is -0.482 e. The maximum Gasteiger partial charge on any atom is 0.344 e. The second kappa shape index (κ2) is 7.83. The van der Waals surface area contributed by atoms with E-state index in [1.807, 2.05) is 30.3 Å². The molecule has 0 unspecified atom stereocenters. The first kappa shape index (κ1) is 15.6. The number of carbonyl (C=O) groups is 2. The molecule has 0 saturated heterocycles. The van der Waals surface area contributed by atoms with Crippen molar-refractivity contribution in [3.8, 4) is 5.75 Å². The molecule has 0 heterocycles. The van der Waals surface area contributed by atoms with Crippen LogP contribution in [0.2, 0.25) is 0 Å². The van der Waals surface area contributed by atoms with Crippen molar-refractivity contribution in [2.24, 2.45) is 0 Å². The van der Waals surface area contributed by atoms with E-state index in [0.29, 0.717) is 11.3 Å². The van der Waals surface area contributed by atoms with E-state index < -0.39 is 11.9 Å². The number of methoxy groups -OCH3 is 1. The van der Waals surface area contributed by atoms with Crippen molar-refractivity contribution < 1.29 is 23.8 Å². The summed E-state index contributed by atoms with van der Waals surface area (Å²) in [7, 11) is 1.30. The molecule has 0 aliphatic carbocycles. The van der Waals surface area contributed by atoms with Crippen LogP contribution in [-0.4, -0.2) is 25.7 Å². The fraction of sp³-hybridized carbons (Fsp3) is 0.176. The van der Waals surface area contributed by atoms with E-state index in [2.05, 4.69) is 4.74 Å². The third-order valence-corrected chi connectivity index (χ3v) is 2.85. The van der Waals surface area contributed by atoms with Crippen molar-refractivity contribution in [1.29, 1.82) is 0 Å². The lowest BCUT2D eigenvalue weighted by molar-refractivity contribution is -0.147. The van der Waals surface area contributed by atoms with Crippen molar-refractivity contribution in [3.63, 3.8) is 0 Å². The molecule has 2 aromatic rings. The Morgan fingerprint density at radius 3 is 2.50 bits per heavy atom. The molecule has 5 heteroatoms. The molecule has 2 rings (SSSR count). The lowest BCUT2D eigenvalue weighted by Gasteiger charge is -2.08. The first-order valence-electron chi connectivity index (χ1n) is 6.70. The summed E-state index contributed by atoms with van der Waals surface area (Å²) in [6, 6.07) is 15.8. The minimum atomic E-state index is -0.479. The molecule has 5 nitrogen and oxygen atoms in total. The molecular weight excluding hydrogens is 284 g/mol. The number of benzene rings is 2. The summed E-state index contributed by atoms with van der Waals surface area (Å²) in [5, 5.41) is 0. The molecule has 0 aliphatic heterocycles. The van der Waals surface area contributed by atoms with Gasteiger partial charge in [0, 0.05) is 0 Å². The van der Waals surface area contributed by atoms with Gasteiger partial charge in [-0.15, -0.1) is 0 Å². The molecule has 0 fully saturated rings. The number of esters is 2. The maximum atomic E-state index is 11.6. The van der Waals surface area contributed by atoms with E-state index >= 15 is 0 Å². The van der Waals surface area contributed by atoms with Crippen LogP contribution in [0.25, 0.3) is 0 Å². The van der Waals surface area contributed by atoms with Gasteiger partial charge in [-0.2, -0.15) is 0 Å². The minimum absolute atomic E-state index is 0.200. The molecule has 2 aromatic carbocycles. The lowest BCUT2D eigenvalue weighted by atomic mass is 10.2. The van der Waals surface area contributed by atoms with E-state index in [9.17, 15) is 9.59 Å². The Morgan fingerprint density at radius 2 is 1.77 bits per heavy atom. The van der Waals surface area contributed by atoms with E-state index in [4.69, 9.17) is 9.47 Å². The van der Waals surface area contributed by atoms with Gasteiger partial charge in [0.25, 0.3) is 0 Å². The van der Waals surface area contributed by atoms with Crippen LogP contribution in [0, 0.1) is 0 Å². The van der Waals surface area contributed by atoms with Crippen LogP contribution in [0.5, 0.6) is 5.75 Å². The molecular formula is C17H16O5. The topological polar surface area (TPSA) is 61.8 Å². The number of hydrogen-bond acceptors (Lipinski definition) is 5. The summed E-state index contributed by atoms with van der Waals surface area (Å²) < 4.78 is 15.0. The Hall–Kier alpha value is -2.82. The molecule has 114 valence electrons. The molecule has 0 N–H and O–H groups in total. The number of rotatable bonds is 6. The van der Waals surface area contributed by atoms with E-state index in [-0.39, 0.29) is 13.2 Å². The monoisotopic (exact) mass is 300 g/mol. The van der Waals surface area contributed by atoms with Gasteiger partial charge in [0.15, 0.2) is 6.61 Å². The van der Waals surface area contributed by atoms with Gasteiger partial charge >= 0.3 is 11.9 Å². The highest BCUT2D eigenvalue weighted by atomic mass is 16.6. The predicted octanol–water partition coefficient (Wildman–Crippen LogP) is 2.60. The summed E-state index contributed by atoms with van der Waals surface area (Å²) in [4.78, 5) is 23.0. The fourth-order valence-electron chi connectivity index (χ4n) is 1.75. The number of carbonyl (C=O) groups excluding carboxylic acids is 2. The quantitative estimate of drug-likeness (QED) is 0.767. The van der Waals surface area contributed by atoms with E-state index in [1.165, 1.54) is 13.2 Å². The number of hydrogen-bond donors (Lipinski definition) is 0. The summed E-state index contributed by atoms with van der Waals surface area (Å²) in [5.74, 6) is -0.538. The average molecular weight is 300 g/mol. The van der Waals surface area contributed by atoms with Crippen molar-refractivity contribution in [3.05, 3.63) is 65.7 Å². The normalized spacial score (nSPS) is 9.86. The lowest BCUT2D eigenvalue weighted by Crippen LogP contribution is -2.15. The van der Waals surface area contributed by atoms with Gasteiger partial charge in [0.05, 0.1) is 12.7 Å². The van der Waals surface area contributed by atoms with Crippen molar-refractivity contribution >= 4 is 11.9 Å². The Bertz CT molecular complexity index is 637. The first-order valence-corrected chi connectivity index (χ1v) is 6.70. The third kappa shape index (κ3) is 4.63. The van der Waals surface area contributed by atoms with Gasteiger partial charge in [0.1, 0.15) is 12.4 Å². The third-order valence-electron chi connectivity index (χ3n) is 2.85. The molecule has 0 saturated carbocycles. The van der Waals surface area contributed by atoms with E-state index in [0.717, 1.165) is 5.56 Å². The molecule has 0 aliphatic rings. The molecule has 0 spiro atoms. The highest BCUT2D eigenvalue weighted by Gasteiger charge is 2.08. The van der Waals surface area contributed by atoms with Gasteiger partial charge in [-0.25, -0.2) is 9.59 Å². The van der Waals surface area contributed by atoms with Crippen LogP contribution in [0.1, 0.15) is 15.9 Å². The molecule has 0 amide bonds. The molecule has 22 heavy (non-hydrogen) atoms. The van der Waals surface area contributed by atoms with Gasteiger partial charge in [-0.05, 0) is 23.8 Å². The smallest absolute Gasteiger partial charge is 0.344 e. The van der Waals surface area contributed by atoms with Crippen LogP contribution in [0.15, 0.2) is 54.6 Å². The maximum absolute atomic E-state index is 11.6. The molecule has 0 atom stereocenters. The molecule has 0 bridgehead atoms. The van der Waals surface area contributed by atoms with Crippen LogP contribution in [-0.2, 0) is 20.9 Å². The zero-order valence-electron chi connectivity index (χ0n) is 12.2. The Balaban J connectivity index is 1.82. The van der Waals surface area contributed by atoms with Crippen molar-refractivity contribution in [1.82, 2.24) is 0 Å². The van der Waals surface area contributed by atoms with Gasteiger partial charge < -0.3 is 14.2 Å². The summed E-state index contributed by atoms with van der Waals surface area (Å²) in [6.45, 7) is -0.0251. The van der Waals surface area contributed by atoms with Gasteiger partial charge in [-0.3, -0.25) is 0 Å². The van der Waals surface area contributed by atoms with Crippen molar-refractivity contribution in [2.45, 2.75) is 6.61 Å². The highest BCUT2D eigenvalue weighted by Crippen LogP contribution is 2.14. The predicted molar refractivity (Wildman–Crippen MR) is 79.5 cm³/mol. The Labute approximate surface area is 128 Å². The second-order valence-corrected chi connectivity index (χ2v) is 4.45. The van der Waals surface area contributed by atoms with Gasteiger partial charge in [-0.1, -0.05) is 36.4 Å². The van der Waals surface area contributed by atoms with Crippen LogP contribution >= 0.6 is 0 Å². The van der Waals surface area contributed by atoms with Crippen LogP contribution in [0.3, 0.4) is 0 Å². The number of ether oxygens (including phenoxy) is 3. The second-order valence-electron chi connectivity index (χ2n) is 4.45. The van der Waals surface area contributed by atoms with E-state index in [1.54, 1.807) is 18.2 Å². The SMILES string of the molecule is COC(=O)c1cccc(OCC(=O)OCc2ccccc2)c1. The Kier molecular flexibility index (Phi) is 5.54.